The zero-order valence-corrected chi connectivity index (χ0v) is 13.0. The Balaban J connectivity index is 2.19. The number of ether oxygens (including phenoxy) is 1. The van der Waals surface area contributed by atoms with Crippen molar-refractivity contribution >= 4 is 6.09 Å². The number of carbonyl (C=O) groups excluding carboxylic acids is 1. The molecule has 21 heavy (non-hydrogen) atoms. The first-order valence-corrected chi connectivity index (χ1v) is 7.34. The minimum absolute atomic E-state index is 0.162. The number of piperazine rings is 1. The topological polar surface area (TPSA) is 32.8 Å². The van der Waals surface area contributed by atoms with Crippen LogP contribution < -0.4 is 0 Å². The van der Waals surface area contributed by atoms with Crippen molar-refractivity contribution in [1.29, 1.82) is 0 Å². The van der Waals surface area contributed by atoms with E-state index < -0.39 is 18.2 Å². The maximum atomic E-state index is 12.0. The normalized spacial score (nSPS) is 17.9. The summed E-state index contributed by atoms with van der Waals surface area (Å²) in [6, 6.07) is 0. The van der Waals surface area contributed by atoms with E-state index in [1.807, 2.05) is 20.8 Å². The van der Waals surface area contributed by atoms with E-state index in [0.717, 1.165) is 0 Å². The van der Waals surface area contributed by atoms with Crippen molar-refractivity contribution in [3.8, 4) is 0 Å². The molecule has 0 atom stereocenters. The average molecular weight is 310 g/mol. The molecule has 4 nitrogen and oxygen atoms in total. The van der Waals surface area contributed by atoms with Crippen LogP contribution in [0.5, 0.6) is 0 Å². The van der Waals surface area contributed by atoms with Gasteiger partial charge in [0.2, 0.25) is 0 Å². The predicted octanol–water partition coefficient (Wildman–Crippen LogP) is 3.27. The van der Waals surface area contributed by atoms with Gasteiger partial charge in [-0.3, -0.25) is 4.90 Å². The molecular formula is C14H25F3N2O2. The van der Waals surface area contributed by atoms with Crippen LogP contribution in [0.1, 0.15) is 40.0 Å². The first-order chi connectivity index (χ1) is 9.57. The van der Waals surface area contributed by atoms with Crippen molar-refractivity contribution in [2.45, 2.75) is 51.8 Å². The lowest BCUT2D eigenvalue weighted by Crippen LogP contribution is -2.50. The number of rotatable bonds is 4. The molecule has 0 unspecified atom stereocenters. The van der Waals surface area contributed by atoms with Crippen LogP contribution in [0, 0.1) is 0 Å². The Hall–Kier alpha value is -0.980. The molecule has 1 heterocycles. The Morgan fingerprint density at radius 3 is 2.10 bits per heavy atom. The summed E-state index contributed by atoms with van der Waals surface area (Å²) in [5, 5.41) is 0. The lowest BCUT2D eigenvalue weighted by molar-refractivity contribution is -0.135. The smallest absolute Gasteiger partial charge is 0.410 e. The molecule has 1 rings (SSSR count). The third-order valence-corrected chi connectivity index (χ3v) is 3.21. The maximum Gasteiger partial charge on any atom is 0.410 e. The van der Waals surface area contributed by atoms with Gasteiger partial charge in [0.05, 0.1) is 0 Å². The number of halogens is 3. The lowest BCUT2D eigenvalue weighted by Gasteiger charge is -2.35. The van der Waals surface area contributed by atoms with Gasteiger partial charge in [-0.2, -0.15) is 13.2 Å². The summed E-state index contributed by atoms with van der Waals surface area (Å²) in [5.41, 5.74) is -0.508. The average Bonchev–Trinajstić information content (AvgIpc) is 2.32. The summed E-state index contributed by atoms with van der Waals surface area (Å²) in [5.74, 6) is 0. The highest BCUT2D eigenvalue weighted by Crippen LogP contribution is 2.22. The molecule has 7 heteroatoms. The Kier molecular flexibility index (Phi) is 6.31. The van der Waals surface area contributed by atoms with E-state index in [9.17, 15) is 18.0 Å². The van der Waals surface area contributed by atoms with Crippen LogP contribution in [0.4, 0.5) is 18.0 Å². The Labute approximate surface area is 124 Å². The van der Waals surface area contributed by atoms with Gasteiger partial charge in [-0.1, -0.05) is 0 Å². The van der Waals surface area contributed by atoms with E-state index in [1.54, 1.807) is 4.90 Å². The van der Waals surface area contributed by atoms with Crippen molar-refractivity contribution in [2.75, 3.05) is 32.7 Å². The van der Waals surface area contributed by atoms with Crippen LogP contribution in [0.25, 0.3) is 0 Å². The summed E-state index contributed by atoms with van der Waals surface area (Å²) >= 11 is 0. The zero-order chi connectivity index (χ0) is 16.1. The highest BCUT2D eigenvalue weighted by atomic mass is 19.4. The quantitative estimate of drug-likeness (QED) is 0.747. The van der Waals surface area contributed by atoms with Crippen LogP contribution >= 0.6 is 0 Å². The molecule has 0 aromatic rings. The third-order valence-electron chi connectivity index (χ3n) is 3.21. The molecule has 0 radical (unpaired) electrons. The first-order valence-electron chi connectivity index (χ1n) is 7.34. The van der Waals surface area contributed by atoms with Crippen LogP contribution in [0.3, 0.4) is 0 Å². The second-order valence-electron chi connectivity index (χ2n) is 6.38. The highest BCUT2D eigenvalue weighted by Gasteiger charge is 2.27. The molecule has 1 fully saturated rings. The molecule has 0 N–H and O–H groups in total. The predicted molar refractivity (Wildman–Crippen MR) is 74.2 cm³/mol. The number of alkyl halides is 3. The summed E-state index contributed by atoms with van der Waals surface area (Å²) in [6.07, 6.45) is -4.40. The van der Waals surface area contributed by atoms with Gasteiger partial charge in [-0.25, -0.2) is 4.79 Å². The zero-order valence-electron chi connectivity index (χ0n) is 13.0. The first kappa shape index (κ1) is 18.1. The molecule has 1 aliphatic rings. The SMILES string of the molecule is CC(C)(C)OC(=O)N1CCN(CCCCC(F)(F)F)CC1. The van der Waals surface area contributed by atoms with Gasteiger partial charge in [-0.05, 0) is 40.2 Å². The monoisotopic (exact) mass is 310 g/mol. The molecule has 0 spiro atoms. The largest absolute Gasteiger partial charge is 0.444 e. The number of unbranched alkanes of at least 4 members (excludes halogenated alkanes) is 1. The molecule has 1 aliphatic heterocycles. The summed E-state index contributed by atoms with van der Waals surface area (Å²) < 4.78 is 41.4. The van der Waals surface area contributed by atoms with Crippen LogP contribution in [0.15, 0.2) is 0 Å². The molecule has 0 aliphatic carbocycles. The minimum atomic E-state index is -4.06. The van der Waals surface area contributed by atoms with E-state index in [4.69, 9.17) is 4.74 Å². The van der Waals surface area contributed by atoms with Gasteiger partial charge in [-0.15, -0.1) is 0 Å². The van der Waals surface area contributed by atoms with Crippen molar-refractivity contribution in [3.05, 3.63) is 0 Å². The fraction of sp³-hybridized carbons (Fsp3) is 0.929. The summed E-state index contributed by atoms with van der Waals surface area (Å²) in [6.45, 7) is 8.61. The van der Waals surface area contributed by atoms with Crippen LogP contribution in [-0.4, -0.2) is 60.4 Å². The third kappa shape index (κ3) is 8.14. The fourth-order valence-electron chi connectivity index (χ4n) is 2.14. The molecule has 1 amide bonds. The van der Waals surface area contributed by atoms with Gasteiger partial charge < -0.3 is 9.64 Å². The molecule has 0 saturated carbocycles. The number of nitrogens with zero attached hydrogens (tertiary/aromatic N) is 2. The Bertz CT molecular complexity index is 332. The van der Waals surface area contributed by atoms with E-state index >= 15 is 0 Å². The van der Waals surface area contributed by atoms with Gasteiger partial charge >= 0.3 is 12.3 Å². The number of carbonyl (C=O) groups is 1. The molecule has 1 saturated heterocycles. The maximum absolute atomic E-state index is 12.0. The van der Waals surface area contributed by atoms with Crippen molar-refractivity contribution in [1.82, 2.24) is 9.80 Å². The van der Waals surface area contributed by atoms with Gasteiger partial charge in [0.25, 0.3) is 0 Å². The summed E-state index contributed by atoms with van der Waals surface area (Å²) in [7, 11) is 0. The fourth-order valence-corrected chi connectivity index (χ4v) is 2.14. The number of hydrogen-bond acceptors (Lipinski definition) is 3. The summed E-state index contributed by atoms with van der Waals surface area (Å²) in [4.78, 5) is 15.6. The van der Waals surface area contributed by atoms with Crippen molar-refractivity contribution < 1.29 is 22.7 Å². The van der Waals surface area contributed by atoms with Crippen LogP contribution in [0.2, 0.25) is 0 Å². The van der Waals surface area contributed by atoms with E-state index in [-0.39, 0.29) is 12.5 Å². The minimum Gasteiger partial charge on any atom is -0.444 e. The molecule has 0 bridgehead atoms. The molecular weight excluding hydrogens is 285 g/mol. The van der Waals surface area contributed by atoms with Crippen molar-refractivity contribution in [3.63, 3.8) is 0 Å². The standard InChI is InChI=1S/C14H25F3N2O2/c1-13(2,3)21-12(20)19-10-8-18(9-11-19)7-5-4-6-14(15,16)17/h4-11H2,1-3H3. The highest BCUT2D eigenvalue weighted by molar-refractivity contribution is 5.68. The Morgan fingerprint density at radius 1 is 1.05 bits per heavy atom. The molecule has 0 aromatic heterocycles. The Morgan fingerprint density at radius 2 is 1.62 bits per heavy atom. The van der Waals surface area contributed by atoms with Crippen molar-refractivity contribution in [2.24, 2.45) is 0 Å². The second-order valence-corrected chi connectivity index (χ2v) is 6.38. The lowest BCUT2D eigenvalue weighted by atomic mass is 10.2. The molecule has 0 aromatic carbocycles. The molecule has 124 valence electrons. The van der Waals surface area contributed by atoms with Gasteiger partial charge in [0.1, 0.15) is 5.60 Å². The second kappa shape index (κ2) is 7.33. The van der Waals surface area contributed by atoms with E-state index in [2.05, 4.69) is 4.90 Å². The van der Waals surface area contributed by atoms with E-state index in [0.29, 0.717) is 39.1 Å². The van der Waals surface area contributed by atoms with Crippen LogP contribution in [-0.2, 0) is 4.74 Å². The number of hydrogen-bond donors (Lipinski definition) is 0. The van der Waals surface area contributed by atoms with E-state index in [1.165, 1.54) is 0 Å². The number of amides is 1. The van der Waals surface area contributed by atoms with Gasteiger partial charge in [0, 0.05) is 32.6 Å². The van der Waals surface area contributed by atoms with Gasteiger partial charge in [0.15, 0.2) is 0 Å².